The molecule has 0 aromatic heterocycles. The first kappa shape index (κ1) is 16.7. The second-order valence-corrected chi connectivity index (χ2v) is 5.03. The minimum absolute atomic E-state index is 0.172. The number of hydrogen-bond donors (Lipinski definition) is 1. The second kappa shape index (κ2) is 7.54. The van der Waals surface area contributed by atoms with Crippen LogP contribution in [0.5, 0.6) is 17.2 Å². The molecule has 5 nitrogen and oxygen atoms in total. The fraction of sp³-hybridized carbons (Fsp3) is 0.278. The van der Waals surface area contributed by atoms with Crippen LogP contribution in [0.25, 0.3) is 0 Å². The van der Waals surface area contributed by atoms with Crippen LogP contribution in [0.3, 0.4) is 0 Å². The quantitative estimate of drug-likeness (QED) is 0.889. The predicted molar refractivity (Wildman–Crippen MR) is 88.4 cm³/mol. The Balaban J connectivity index is 2.17. The molecule has 0 fully saturated rings. The van der Waals surface area contributed by atoms with Crippen LogP contribution in [0.2, 0.25) is 0 Å². The summed E-state index contributed by atoms with van der Waals surface area (Å²) in [5.41, 5.74) is 1.42. The van der Waals surface area contributed by atoms with Crippen molar-refractivity contribution in [2.24, 2.45) is 0 Å². The molecular weight excluding hydrogens is 294 g/mol. The SMILES string of the molecule is COc1cccc(C(=O)NC(C)c2ccc(OC)cc2OC)c1. The van der Waals surface area contributed by atoms with Crippen LogP contribution in [0.1, 0.15) is 28.9 Å². The van der Waals surface area contributed by atoms with Crippen molar-refractivity contribution in [1.29, 1.82) is 0 Å². The van der Waals surface area contributed by atoms with Crippen LogP contribution >= 0.6 is 0 Å². The zero-order chi connectivity index (χ0) is 16.8. The van der Waals surface area contributed by atoms with E-state index in [1.165, 1.54) is 0 Å². The summed E-state index contributed by atoms with van der Waals surface area (Å²) in [6, 6.07) is 12.3. The highest BCUT2D eigenvalue weighted by atomic mass is 16.5. The molecule has 0 bridgehead atoms. The van der Waals surface area contributed by atoms with Crippen molar-refractivity contribution in [3.63, 3.8) is 0 Å². The Morgan fingerprint density at radius 2 is 1.65 bits per heavy atom. The highest BCUT2D eigenvalue weighted by molar-refractivity contribution is 5.94. The summed E-state index contributed by atoms with van der Waals surface area (Å²) in [7, 11) is 4.76. The third kappa shape index (κ3) is 3.94. The average Bonchev–Trinajstić information content (AvgIpc) is 2.60. The van der Waals surface area contributed by atoms with Gasteiger partial charge in [0.2, 0.25) is 0 Å². The lowest BCUT2D eigenvalue weighted by Gasteiger charge is -2.18. The molecule has 2 rings (SSSR count). The van der Waals surface area contributed by atoms with Gasteiger partial charge in [-0.3, -0.25) is 4.79 Å². The molecule has 1 atom stereocenters. The molecule has 0 aliphatic heterocycles. The Labute approximate surface area is 136 Å². The third-order valence-corrected chi connectivity index (χ3v) is 3.59. The minimum atomic E-state index is -0.213. The van der Waals surface area contributed by atoms with Gasteiger partial charge >= 0.3 is 0 Å². The van der Waals surface area contributed by atoms with E-state index in [0.717, 1.165) is 5.56 Å². The van der Waals surface area contributed by atoms with Crippen molar-refractivity contribution in [3.05, 3.63) is 53.6 Å². The molecule has 2 aromatic carbocycles. The second-order valence-electron chi connectivity index (χ2n) is 5.03. The molecule has 0 aliphatic rings. The van der Waals surface area contributed by atoms with E-state index in [1.54, 1.807) is 51.7 Å². The number of carbonyl (C=O) groups is 1. The van der Waals surface area contributed by atoms with E-state index in [2.05, 4.69) is 5.32 Å². The van der Waals surface area contributed by atoms with Gasteiger partial charge in [0.25, 0.3) is 5.91 Å². The lowest BCUT2D eigenvalue weighted by Crippen LogP contribution is -2.26. The van der Waals surface area contributed by atoms with E-state index in [-0.39, 0.29) is 11.9 Å². The lowest BCUT2D eigenvalue weighted by atomic mass is 10.1. The number of benzene rings is 2. The molecule has 0 radical (unpaired) electrons. The molecule has 0 saturated carbocycles. The highest BCUT2D eigenvalue weighted by Crippen LogP contribution is 2.29. The van der Waals surface area contributed by atoms with Crippen molar-refractivity contribution in [2.75, 3.05) is 21.3 Å². The maximum absolute atomic E-state index is 12.4. The standard InChI is InChI=1S/C18H21NO4/c1-12(16-9-8-15(22-3)11-17(16)23-4)19-18(20)13-6-5-7-14(10-13)21-2/h5-12H,1-4H3,(H,19,20). The third-order valence-electron chi connectivity index (χ3n) is 3.59. The van der Waals surface area contributed by atoms with Gasteiger partial charge < -0.3 is 19.5 Å². The van der Waals surface area contributed by atoms with E-state index in [0.29, 0.717) is 22.8 Å². The topological polar surface area (TPSA) is 56.8 Å². The Morgan fingerprint density at radius 3 is 2.30 bits per heavy atom. The van der Waals surface area contributed by atoms with Crippen LogP contribution in [-0.4, -0.2) is 27.2 Å². The van der Waals surface area contributed by atoms with Gasteiger partial charge in [0.1, 0.15) is 17.2 Å². The van der Waals surface area contributed by atoms with Crippen LogP contribution < -0.4 is 19.5 Å². The number of methoxy groups -OCH3 is 3. The van der Waals surface area contributed by atoms with Crippen molar-refractivity contribution in [3.8, 4) is 17.2 Å². The minimum Gasteiger partial charge on any atom is -0.497 e. The summed E-state index contributed by atoms with van der Waals surface area (Å²) in [4.78, 5) is 12.4. The van der Waals surface area contributed by atoms with Gasteiger partial charge in [-0.05, 0) is 37.3 Å². The van der Waals surface area contributed by atoms with Gasteiger partial charge in [0, 0.05) is 17.2 Å². The van der Waals surface area contributed by atoms with Crippen LogP contribution in [0, 0.1) is 0 Å². The van der Waals surface area contributed by atoms with Gasteiger partial charge in [-0.2, -0.15) is 0 Å². The van der Waals surface area contributed by atoms with Crippen LogP contribution in [0.4, 0.5) is 0 Å². The number of hydrogen-bond acceptors (Lipinski definition) is 4. The number of nitrogens with one attached hydrogen (secondary N) is 1. The molecule has 5 heteroatoms. The molecule has 1 unspecified atom stereocenters. The Morgan fingerprint density at radius 1 is 0.957 bits per heavy atom. The summed E-state index contributed by atoms with van der Waals surface area (Å²) in [6.07, 6.45) is 0. The molecule has 0 spiro atoms. The zero-order valence-corrected chi connectivity index (χ0v) is 13.8. The Bertz CT molecular complexity index is 684. The molecule has 1 amide bonds. The molecule has 0 saturated heterocycles. The first-order valence-corrected chi connectivity index (χ1v) is 7.26. The summed E-state index contributed by atoms with van der Waals surface area (Å²) in [6.45, 7) is 1.91. The first-order chi connectivity index (χ1) is 11.1. The number of carbonyl (C=O) groups excluding carboxylic acids is 1. The number of amides is 1. The zero-order valence-electron chi connectivity index (χ0n) is 13.8. The lowest BCUT2D eigenvalue weighted by molar-refractivity contribution is 0.0939. The van der Waals surface area contributed by atoms with E-state index >= 15 is 0 Å². The van der Waals surface area contributed by atoms with Crippen LogP contribution in [-0.2, 0) is 0 Å². The van der Waals surface area contributed by atoms with Crippen molar-refractivity contribution < 1.29 is 19.0 Å². The molecule has 23 heavy (non-hydrogen) atoms. The number of ether oxygens (including phenoxy) is 3. The molecule has 0 heterocycles. The normalized spacial score (nSPS) is 11.5. The highest BCUT2D eigenvalue weighted by Gasteiger charge is 2.16. The Kier molecular flexibility index (Phi) is 5.46. The van der Waals surface area contributed by atoms with E-state index in [9.17, 15) is 4.79 Å². The van der Waals surface area contributed by atoms with Gasteiger partial charge in [-0.1, -0.05) is 6.07 Å². The molecule has 2 aromatic rings. The predicted octanol–water partition coefficient (Wildman–Crippen LogP) is 3.20. The molecule has 122 valence electrons. The summed E-state index contributed by atoms with van der Waals surface area (Å²) < 4.78 is 15.7. The van der Waals surface area contributed by atoms with Crippen molar-refractivity contribution >= 4 is 5.91 Å². The maximum atomic E-state index is 12.4. The average molecular weight is 315 g/mol. The molecule has 1 N–H and O–H groups in total. The molecule has 0 aliphatic carbocycles. The molecular formula is C18H21NO4. The van der Waals surface area contributed by atoms with Gasteiger partial charge in [0.05, 0.1) is 27.4 Å². The fourth-order valence-corrected chi connectivity index (χ4v) is 2.30. The summed E-state index contributed by atoms with van der Waals surface area (Å²) >= 11 is 0. The van der Waals surface area contributed by atoms with Gasteiger partial charge in [-0.25, -0.2) is 0 Å². The monoisotopic (exact) mass is 315 g/mol. The van der Waals surface area contributed by atoms with Gasteiger partial charge in [-0.15, -0.1) is 0 Å². The van der Waals surface area contributed by atoms with Gasteiger partial charge in [0.15, 0.2) is 0 Å². The fourth-order valence-electron chi connectivity index (χ4n) is 2.30. The number of rotatable bonds is 6. The summed E-state index contributed by atoms with van der Waals surface area (Å²) in [5, 5.41) is 2.96. The van der Waals surface area contributed by atoms with Crippen molar-refractivity contribution in [2.45, 2.75) is 13.0 Å². The van der Waals surface area contributed by atoms with E-state index < -0.39 is 0 Å². The Hall–Kier alpha value is -2.69. The largest absolute Gasteiger partial charge is 0.497 e. The first-order valence-electron chi connectivity index (χ1n) is 7.26. The van der Waals surface area contributed by atoms with Crippen molar-refractivity contribution in [1.82, 2.24) is 5.32 Å². The summed E-state index contributed by atoms with van der Waals surface area (Å²) in [5.74, 6) is 1.85. The van der Waals surface area contributed by atoms with E-state index in [4.69, 9.17) is 14.2 Å². The van der Waals surface area contributed by atoms with Crippen LogP contribution in [0.15, 0.2) is 42.5 Å². The smallest absolute Gasteiger partial charge is 0.251 e. The maximum Gasteiger partial charge on any atom is 0.251 e. The van der Waals surface area contributed by atoms with E-state index in [1.807, 2.05) is 19.1 Å².